The molecule has 1 atom stereocenters. The average Bonchev–Trinajstić information content (AvgIpc) is 2.74. The monoisotopic (exact) mass is 227 g/mol. The highest BCUT2D eigenvalue weighted by Crippen LogP contribution is 2.28. The maximum absolute atomic E-state index is 10.9. The lowest BCUT2D eigenvalue weighted by Crippen LogP contribution is -2.40. The summed E-state index contributed by atoms with van der Waals surface area (Å²) in [6.45, 7) is 4.33. The SMILES string of the molecule is CCCOC1CCC([N+](=O)[O-])=C2NCCN21. The van der Waals surface area contributed by atoms with Crippen molar-refractivity contribution in [2.75, 3.05) is 19.7 Å². The minimum Gasteiger partial charge on any atom is -0.364 e. The van der Waals surface area contributed by atoms with Crippen LogP contribution in [0.2, 0.25) is 0 Å². The predicted molar refractivity (Wildman–Crippen MR) is 58.0 cm³/mol. The summed E-state index contributed by atoms with van der Waals surface area (Å²) < 4.78 is 5.70. The van der Waals surface area contributed by atoms with Gasteiger partial charge in [0.15, 0.2) is 5.82 Å². The maximum atomic E-state index is 10.9. The van der Waals surface area contributed by atoms with Crippen LogP contribution in [0.25, 0.3) is 0 Å². The fourth-order valence-electron chi connectivity index (χ4n) is 2.20. The smallest absolute Gasteiger partial charge is 0.286 e. The average molecular weight is 227 g/mol. The second kappa shape index (κ2) is 4.69. The molecule has 2 aliphatic heterocycles. The Morgan fingerprint density at radius 1 is 1.69 bits per heavy atom. The van der Waals surface area contributed by atoms with Gasteiger partial charge in [0.2, 0.25) is 0 Å². The number of fused-ring (bicyclic) bond motifs is 1. The zero-order valence-corrected chi connectivity index (χ0v) is 9.44. The highest BCUT2D eigenvalue weighted by Gasteiger charge is 2.37. The number of allylic oxidation sites excluding steroid dienone is 1. The van der Waals surface area contributed by atoms with E-state index in [1.54, 1.807) is 0 Å². The second-order valence-electron chi connectivity index (χ2n) is 4.04. The quantitative estimate of drug-likeness (QED) is 0.570. The molecule has 16 heavy (non-hydrogen) atoms. The molecular weight excluding hydrogens is 210 g/mol. The molecule has 0 amide bonds. The zero-order valence-electron chi connectivity index (χ0n) is 9.44. The van der Waals surface area contributed by atoms with Crippen LogP contribution in [0, 0.1) is 10.1 Å². The molecule has 1 unspecified atom stereocenters. The van der Waals surface area contributed by atoms with Gasteiger partial charge >= 0.3 is 0 Å². The molecule has 0 aliphatic carbocycles. The summed E-state index contributed by atoms with van der Waals surface area (Å²) in [5.74, 6) is 0.664. The molecule has 0 spiro atoms. The van der Waals surface area contributed by atoms with Crippen molar-refractivity contribution in [3.05, 3.63) is 21.6 Å². The summed E-state index contributed by atoms with van der Waals surface area (Å²) in [4.78, 5) is 12.6. The lowest BCUT2D eigenvalue weighted by Gasteiger charge is -2.32. The van der Waals surface area contributed by atoms with Gasteiger partial charge in [0.05, 0.1) is 4.92 Å². The van der Waals surface area contributed by atoms with Crippen molar-refractivity contribution in [2.24, 2.45) is 0 Å². The van der Waals surface area contributed by atoms with E-state index in [4.69, 9.17) is 4.74 Å². The molecule has 0 aromatic heterocycles. The standard InChI is InChI=1S/C10H17N3O3/c1-2-7-16-9-4-3-8(13(14)15)10-11-5-6-12(9)10/h9,11H,2-7H2,1H3. The summed E-state index contributed by atoms with van der Waals surface area (Å²) in [5.41, 5.74) is 0.300. The van der Waals surface area contributed by atoms with Crippen LogP contribution in [0.5, 0.6) is 0 Å². The number of hydrogen-bond donors (Lipinski definition) is 1. The maximum Gasteiger partial charge on any atom is 0.286 e. The Morgan fingerprint density at radius 2 is 2.50 bits per heavy atom. The van der Waals surface area contributed by atoms with E-state index in [2.05, 4.69) is 12.2 Å². The third-order valence-electron chi connectivity index (χ3n) is 2.92. The molecular formula is C10H17N3O3. The second-order valence-corrected chi connectivity index (χ2v) is 4.04. The van der Waals surface area contributed by atoms with Crippen LogP contribution in [-0.4, -0.2) is 35.7 Å². The highest BCUT2D eigenvalue weighted by molar-refractivity contribution is 5.13. The van der Waals surface area contributed by atoms with Crippen molar-refractivity contribution in [2.45, 2.75) is 32.4 Å². The first-order valence-corrected chi connectivity index (χ1v) is 5.73. The van der Waals surface area contributed by atoms with Crippen molar-refractivity contribution < 1.29 is 9.66 Å². The van der Waals surface area contributed by atoms with E-state index in [9.17, 15) is 10.1 Å². The van der Waals surface area contributed by atoms with E-state index in [1.807, 2.05) is 4.90 Å². The Hall–Kier alpha value is -1.30. The summed E-state index contributed by atoms with van der Waals surface area (Å²) >= 11 is 0. The van der Waals surface area contributed by atoms with Gasteiger partial charge in [0, 0.05) is 32.5 Å². The lowest BCUT2D eigenvalue weighted by molar-refractivity contribution is -0.432. The summed E-state index contributed by atoms with van der Waals surface area (Å²) in [7, 11) is 0. The van der Waals surface area contributed by atoms with Crippen LogP contribution in [-0.2, 0) is 4.74 Å². The van der Waals surface area contributed by atoms with E-state index in [0.717, 1.165) is 19.5 Å². The number of ether oxygens (including phenoxy) is 1. The van der Waals surface area contributed by atoms with Gasteiger partial charge in [-0.25, -0.2) is 0 Å². The van der Waals surface area contributed by atoms with Gasteiger partial charge in [0.1, 0.15) is 6.23 Å². The molecule has 0 aromatic carbocycles. The molecule has 0 saturated carbocycles. The van der Waals surface area contributed by atoms with Gasteiger partial charge < -0.3 is 15.0 Å². The molecule has 1 saturated heterocycles. The third kappa shape index (κ3) is 1.97. The number of rotatable bonds is 4. The van der Waals surface area contributed by atoms with Gasteiger partial charge in [-0.1, -0.05) is 6.92 Å². The predicted octanol–water partition coefficient (Wildman–Crippen LogP) is 0.884. The first-order chi connectivity index (χ1) is 7.74. The third-order valence-corrected chi connectivity index (χ3v) is 2.92. The summed E-state index contributed by atoms with van der Waals surface area (Å²) in [6, 6.07) is 0. The van der Waals surface area contributed by atoms with Gasteiger partial charge in [-0.05, 0) is 6.42 Å². The molecule has 1 N–H and O–H groups in total. The fourth-order valence-corrected chi connectivity index (χ4v) is 2.20. The van der Waals surface area contributed by atoms with Crippen LogP contribution >= 0.6 is 0 Å². The fraction of sp³-hybridized carbons (Fsp3) is 0.800. The molecule has 2 heterocycles. The number of nitrogens with one attached hydrogen (secondary N) is 1. The van der Waals surface area contributed by atoms with Crippen molar-refractivity contribution in [1.82, 2.24) is 10.2 Å². The Balaban J connectivity index is 2.12. The molecule has 2 aliphatic rings. The molecule has 1 fully saturated rings. The first kappa shape index (κ1) is 11.2. The minimum atomic E-state index is -0.281. The highest BCUT2D eigenvalue weighted by atomic mass is 16.6. The van der Waals surface area contributed by atoms with Crippen LogP contribution in [0.4, 0.5) is 0 Å². The first-order valence-electron chi connectivity index (χ1n) is 5.73. The molecule has 0 radical (unpaired) electrons. The van der Waals surface area contributed by atoms with Crippen LogP contribution in [0.3, 0.4) is 0 Å². The molecule has 6 heteroatoms. The van der Waals surface area contributed by atoms with Crippen LogP contribution < -0.4 is 5.32 Å². The lowest BCUT2D eigenvalue weighted by atomic mass is 10.1. The normalized spacial score (nSPS) is 24.3. The van der Waals surface area contributed by atoms with Crippen LogP contribution in [0.15, 0.2) is 11.5 Å². The van der Waals surface area contributed by atoms with E-state index in [0.29, 0.717) is 31.0 Å². The van der Waals surface area contributed by atoms with Gasteiger partial charge in [-0.15, -0.1) is 0 Å². The number of nitro groups is 1. The van der Waals surface area contributed by atoms with Crippen LogP contribution in [0.1, 0.15) is 26.2 Å². The van der Waals surface area contributed by atoms with Crippen molar-refractivity contribution >= 4 is 0 Å². The number of hydrogen-bond acceptors (Lipinski definition) is 5. The van der Waals surface area contributed by atoms with E-state index in [-0.39, 0.29) is 11.2 Å². The Labute approximate surface area is 94.4 Å². The van der Waals surface area contributed by atoms with E-state index < -0.39 is 0 Å². The van der Waals surface area contributed by atoms with Gasteiger partial charge in [0.25, 0.3) is 5.70 Å². The van der Waals surface area contributed by atoms with Gasteiger partial charge in [-0.3, -0.25) is 10.1 Å². The van der Waals surface area contributed by atoms with Crippen molar-refractivity contribution in [1.29, 1.82) is 0 Å². The molecule has 0 aromatic rings. The minimum absolute atomic E-state index is 0.00801. The molecule has 0 bridgehead atoms. The molecule has 6 nitrogen and oxygen atoms in total. The molecule has 2 rings (SSSR count). The Morgan fingerprint density at radius 3 is 3.19 bits per heavy atom. The van der Waals surface area contributed by atoms with E-state index >= 15 is 0 Å². The van der Waals surface area contributed by atoms with Crippen molar-refractivity contribution in [3.63, 3.8) is 0 Å². The Kier molecular flexibility index (Phi) is 3.28. The van der Waals surface area contributed by atoms with Gasteiger partial charge in [-0.2, -0.15) is 0 Å². The zero-order chi connectivity index (χ0) is 11.5. The topological polar surface area (TPSA) is 67.6 Å². The van der Waals surface area contributed by atoms with Crippen molar-refractivity contribution in [3.8, 4) is 0 Å². The Bertz CT molecular complexity index is 316. The largest absolute Gasteiger partial charge is 0.364 e. The summed E-state index contributed by atoms with van der Waals surface area (Å²) in [5, 5.41) is 13.9. The van der Waals surface area contributed by atoms with E-state index in [1.165, 1.54) is 0 Å². The number of nitrogens with zero attached hydrogens (tertiary/aromatic N) is 2. The summed E-state index contributed by atoms with van der Waals surface area (Å²) in [6.07, 6.45) is 2.18. The molecule has 90 valence electrons.